The molecule has 0 saturated carbocycles. The fourth-order valence-electron chi connectivity index (χ4n) is 2.14. The van der Waals surface area contributed by atoms with Crippen LogP contribution in [-0.4, -0.2) is 34.2 Å². The average molecular weight is 305 g/mol. The van der Waals surface area contributed by atoms with Gasteiger partial charge in [-0.1, -0.05) is 45.0 Å². The van der Waals surface area contributed by atoms with Crippen molar-refractivity contribution in [1.29, 1.82) is 0 Å². The summed E-state index contributed by atoms with van der Waals surface area (Å²) in [6.45, 7) is 6.11. The van der Waals surface area contributed by atoms with E-state index in [2.05, 4.69) is 20.8 Å². The molecule has 1 heterocycles. The maximum absolute atomic E-state index is 11.9. The number of hydrogen-bond donors (Lipinski definition) is 1. The first kappa shape index (κ1) is 15.6. The quantitative estimate of drug-likeness (QED) is 0.933. The molecule has 21 heavy (non-hydrogen) atoms. The number of carboxylic acid groups (broad SMARTS) is 1. The molecule has 1 amide bonds. The zero-order chi connectivity index (χ0) is 15.6. The van der Waals surface area contributed by atoms with E-state index in [-0.39, 0.29) is 23.6 Å². The molecule has 0 bridgehead atoms. The highest BCUT2D eigenvalue weighted by atomic mass is 32.2. The molecule has 2 rings (SSSR count). The number of carbonyl (C=O) groups is 2. The van der Waals surface area contributed by atoms with Crippen LogP contribution in [0.1, 0.15) is 31.9 Å². The van der Waals surface area contributed by atoms with Crippen LogP contribution in [0.3, 0.4) is 0 Å². The molecule has 4 nitrogen and oxygen atoms in total. The largest absolute Gasteiger partial charge is 0.480 e. The van der Waals surface area contributed by atoms with Crippen LogP contribution in [0.5, 0.6) is 0 Å². The molecule has 0 unspecified atom stereocenters. The van der Waals surface area contributed by atoms with Gasteiger partial charge in [-0.25, -0.2) is 0 Å². The molecule has 1 aromatic rings. The number of benzene rings is 1. The molecular formula is C16H19NO3S. The van der Waals surface area contributed by atoms with Gasteiger partial charge in [0, 0.05) is 0 Å². The van der Waals surface area contributed by atoms with Crippen LogP contribution < -0.4 is 0 Å². The number of carboxylic acids is 1. The minimum atomic E-state index is -1.01. The number of hydrogen-bond acceptors (Lipinski definition) is 3. The van der Waals surface area contributed by atoms with Crippen molar-refractivity contribution in [2.24, 2.45) is 0 Å². The first-order valence-corrected chi connectivity index (χ1v) is 7.79. The van der Waals surface area contributed by atoms with E-state index in [1.54, 1.807) is 0 Å². The van der Waals surface area contributed by atoms with Crippen molar-refractivity contribution < 1.29 is 14.7 Å². The van der Waals surface area contributed by atoms with Gasteiger partial charge in [-0.05, 0) is 21.9 Å². The van der Waals surface area contributed by atoms with E-state index in [1.165, 1.54) is 22.2 Å². The van der Waals surface area contributed by atoms with E-state index >= 15 is 0 Å². The first-order valence-electron chi connectivity index (χ1n) is 6.74. The van der Waals surface area contributed by atoms with Gasteiger partial charge in [0.25, 0.3) is 0 Å². The Morgan fingerprint density at radius 3 is 2.43 bits per heavy atom. The van der Waals surface area contributed by atoms with Crippen molar-refractivity contribution in [3.63, 3.8) is 0 Å². The monoisotopic (exact) mass is 305 g/mol. The van der Waals surface area contributed by atoms with Gasteiger partial charge in [0.1, 0.15) is 6.54 Å². The van der Waals surface area contributed by atoms with Gasteiger partial charge < -0.3 is 5.11 Å². The van der Waals surface area contributed by atoms with Crippen LogP contribution in [0.2, 0.25) is 0 Å². The maximum atomic E-state index is 11.9. The average Bonchev–Trinajstić information content (AvgIpc) is 2.40. The summed E-state index contributed by atoms with van der Waals surface area (Å²) in [7, 11) is 0. The topological polar surface area (TPSA) is 57.6 Å². The van der Waals surface area contributed by atoms with Gasteiger partial charge in [-0.2, -0.15) is 0 Å². The van der Waals surface area contributed by atoms with Gasteiger partial charge in [0.05, 0.1) is 11.4 Å². The van der Waals surface area contributed by atoms with Crippen molar-refractivity contribution in [2.45, 2.75) is 26.2 Å². The lowest BCUT2D eigenvalue weighted by Crippen LogP contribution is -2.37. The molecule has 1 N–H and O–H groups in total. The predicted octanol–water partition coefficient (Wildman–Crippen LogP) is 2.94. The summed E-state index contributed by atoms with van der Waals surface area (Å²) in [5.41, 5.74) is 2.79. The highest BCUT2D eigenvalue weighted by Crippen LogP contribution is 2.30. The molecule has 1 aliphatic rings. The Labute approximate surface area is 128 Å². The number of amides is 1. The molecule has 0 radical (unpaired) electrons. The Kier molecular flexibility index (Phi) is 4.42. The third-order valence-corrected chi connectivity index (χ3v) is 4.14. The highest BCUT2D eigenvalue weighted by molar-refractivity contribution is 8.03. The molecule has 0 saturated heterocycles. The molecule has 0 spiro atoms. The van der Waals surface area contributed by atoms with Gasteiger partial charge in [-0.3, -0.25) is 14.5 Å². The maximum Gasteiger partial charge on any atom is 0.323 e. The summed E-state index contributed by atoms with van der Waals surface area (Å²) < 4.78 is 0. The zero-order valence-corrected chi connectivity index (χ0v) is 13.2. The fraction of sp³-hybridized carbons (Fsp3) is 0.375. The van der Waals surface area contributed by atoms with E-state index in [0.717, 1.165) is 5.56 Å². The number of aliphatic carboxylic acids is 1. The van der Waals surface area contributed by atoms with Crippen molar-refractivity contribution >= 4 is 29.3 Å². The van der Waals surface area contributed by atoms with E-state index in [9.17, 15) is 9.59 Å². The summed E-state index contributed by atoms with van der Waals surface area (Å²) in [6, 6.07) is 7.94. The normalized spacial score (nSPS) is 15.9. The van der Waals surface area contributed by atoms with E-state index in [0.29, 0.717) is 5.70 Å². The lowest BCUT2D eigenvalue weighted by atomic mass is 9.86. The minimum Gasteiger partial charge on any atom is -0.480 e. The predicted molar refractivity (Wildman–Crippen MR) is 84.9 cm³/mol. The highest BCUT2D eigenvalue weighted by Gasteiger charge is 2.25. The van der Waals surface area contributed by atoms with Crippen LogP contribution >= 0.6 is 11.8 Å². The van der Waals surface area contributed by atoms with Crippen molar-refractivity contribution in [1.82, 2.24) is 4.90 Å². The second kappa shape index (κ2) is 5.93. The molecule has 0 aliphatic carbocycles. The summed E-state index contributed by atoms with van der Waals surface area (Å²) in [5, 5.41) is 10.8. The molecule has 0 aromatic heterocycles. The van der Waals surface area contributed by atoms with Crippen molar-refractivity contribution in [2.75, 3.05) is 12.3 Å². The van der Waals surface area contributed by atoms with E-state index < -0.39 is 5.97 Å². The molecular weight excluding hydrogens is 286 g/mol. The SMILES string of the molecule is CC(C)(C)c1ccc(C2=CSCC(=O)N2CC(=O)O)cc1. The third kappa shape index (κ3) is 3.67. The number of thioether (sulfide) groups is 1. The Morgan fingerprint density at radius 1 is 1.29 bits per heavy atom. The fourth-order valence-corrected chi connectivity index (χ4v) is 2.94. The summed E-state index contributed by atoms with van der Waals surface area (Å²) >= 11 is 1.40. The van der Waals surface area contributed by atoms with Crippen molar-refractivity contribution in [3.05, 3.63) is 40.8 Å². The van der Waals surface area contributed by atoms with Crippen LogP contribution in [0.15, 0.2) is 29.7 Å². The molecule has 1 aliphatic heterocycles. The Hall–Kier alpha value is -1.75. The third-order valence-electron chi connectivity index (χ3n) is 3.33. The van der Waals surface area contributed by atoms with Crippen LogP contribution in [0, 0.1) is 0 Å². The van der Waals surface area contributed by atoms with Crippen LogP contribution in [-0.2, 0) is 15.0 Å². The van der Waals surface area contributed by atoms with Crippen LogP contribution in [0.25, 0.3) is 5.70 Å². The Balaban J connectivity index is 2.32. The standard InChI is InChI=1S/C16H19NO3S/c1-16(2,3)12-6-4-11(5-7-12)13-9-21-10-14(18)17(13)8-15(19)20/h4-7,9H,8,10H2,1-3H3,(H,19,20). The lowest BCUT2D eigenvalue weighted by molar-refractivity contribution is -0.141. The van der Waals surface area contributed by atoms with E-state index in [1.807, 2.05) is 29.7 Å². The molecule has 112 valence electrons. The summed E-state index contributed by atoms with van der Waals surface area (Å²) in [5.74, 6) is -0.885. The molecule has 5 heteroatoms. The van der Waals surface area contributed by atoms with Gasteiger partial charge in [-0.15, -0.1) is 11.8 Å². The number of rotatable bonds is 3. The Bertz CT molecular complexity index is 585. The molecule has 1 aromatic carbocycles. The van der Waals surface area contributed by atoms with Crippen LogP contribution in [0.4, 0.5) is 0 Å². The van der Waals surface area contributed by atoms with Gasteiger partial charge >= 0.3 is 5.97 Å². The Morgan fingerprint density at radius 2 is 1.90 bits per heavy atom. The second-order valence-electron chi connectivity index (χ2n) is 6.02. The van der Waals surface area contributed by atoms with E-state index in [4.69, 9.17) is 5.11 Å². The minimum absolute atomic E-state index is 0.0603. The molecule has 0 atom stereocenters. The number of nitrogens with zero attached hydrogens (tertiary/aromatic N) is 1. The summed E-state index contributed by atoms with van der Waals surface area (Å²) in [4.78, 5) is 24.2. The van der Waals surface area contributed by atoms with Gasteiger partial charge in [0.2, 0.25) is 5.91 Å². The lowest BCUT2D eigenvalue weighted by Gasteiger charge is -2.27. The first-order chi connectivity index (χ1) is 9.79. The number of carbonyl (C=O) groups excluding carboxylic acids is 1. The smallest absolute Gasteiger partial charge is 0.323 e. The van der Waals surface area contributed by atoms with Crippen molar-refractivity contribution in [3.8, 4) is 0 Å². The zero-order valence-electron chi connectivity index (χ0n) is 12.4. The summed E-state index contributed by atoms with van der Waals surface area (Å²) in [6.07, 6.45) is 0. The van der Waals surface area contributed by atoms with Gasteiger partial charge in [0.15, 0.2) is 0 Å². The molecule has 0 fully saturated rings. The second-order valence-corrected chi connectivity index (χ2v) is 6.87.